The number of benzene rings is 1. The molecule has 1 aromatic carbocycles. The van der Waals surface area contributed by atoms with Gasteiger partial charge < -0.3 is 9.30 Å². The smallest absolute Gasteiger partial charge is 0.274 e. The molecule has 7 nitrogen and oxygen atoms in total. The molecule has 140 valence electrons. The number of rotatable bonds is 4. The van der Waals surface area contributed by atoms with Crippen LogP contribution in [-0.4, -0.2) is 46.9 Å². The molecule has 1 fully saturated rings. The highest BCUT2D eigenvalue weighted by Gasteiger charge is 2.33. The Balaban J connectivity index is 1.51. The molecule has 1 aliphatic rings. The fourth-order valence-electron chi connectivity index (χ4n) is 3.33. The molecule has 1 atom stereocenters. The quantitative estimate of drug-likeness (QED) is 0.749. The van der Waals surface area contributed by atoms with Crippen LogP contribution in [0.25, 0.3) is 5.65 Å². The Hall–Kier alpha value is -2.87. The Morgan fingerprint density at radius 2 is 1.89 bits per heavy atom. The minimum absolute atomic E-state index is 0.162. The third-order valence-corrected chi connectivity index (χ3v) is 6.50. The fourth-order valence-corrected chi connectivity index (χ4v) is 4.81. The molecule has 0 aliphatic carbocycles. The van der Waals surface area contributed by atoms with Gasteiger partial charge in [0.1, 0.15) is 11.3 Å². The van der Waals surface area contributed by atoms with E-state index in [9.17, 15) is 13.2 Å². The van der Waals surface area contributed by atoms with E-state index in [1.54, 1.807) is 39.8 Å². The van der Waals surface area contributed by atoms with Crippen molar-refractivity contribution < 1.29 is 13.2 Å². The van der Waals surface area contributed by atoms with Crippen LogP contribution < -0.4 is 4.72 Å². The molecule has 4 rings (SSSR count). The van der Waals surface area contributed by atoms with Gasteiger partial charge in [-0.05, 0) is 37.1 Å². The summed E-state index contributed by atoms with van der Waals surface area (Å²) in [4.78, 5) is 18.8. The van der Waals surface area contributed by atoms with Crippen molar-refractivity contribution in [3.63, 3.8) is 0 Å². The molecule has 1 aliphatic heterocycles. The number of hydrogen-bond donors (Lipinski definition) is 1. The van der Waals surface area contributed by atoms with E-state index in [4.69, 9.17) is 0 Å². The number of anilines is 1. The Labute approximate surface area is 157 Å². The van der Waals surface area contributed by atoms with Crippen molar-refractivity contribution in [2.45, 2.75) is 18.1 Å². The van der Waals surface area contributed by atoms with E-state index in [2.05, 4.69) is 9.71 Å². The average Bonchev–Trinajstić information content (AvgIpc) is 3.12. The van der Waals surface area contributed by atoms with Crippen LogP contribution in [0.4, 0.5) is 5.69 Å². The first-order chi connectivity index (χ1) is 13.0. The van der Waals surface area contributed by atoms with Crippen molar-refractivity contribution in [1.82, 2.24) is 14.3 Å². The van der Waals surface area contributed by atoms with Crippen LogP contribution in [0.1, 0.15) is 23.3 Å². The van der Waals surface area contributed by atoms with Crippen molar-refractivity contribution in [3.05, 3.63) is 66.6 Å². The van der Waals surface area contributed by atoms with E-state index in [0.717, 1.165) is 0 Å². The number of nitrogens with one attached hydrogen (secondary N) is 1. The lowest BCUT2D eigenvalue weighted by atomic mass is 10.1. The van der Waals surface area contributed by atoms with E-state index < -0.39 is 15.3 Å². The number of carbonyl (C=O) groups excluding carboxylic acids is 1. The molecule has 1 saturated heterocycles. The molecule has 0 radical (unpaired) electrons. The van der Waals surface area contributed by atoms with Crippen LogP contribution in [0.5, 0.6) is 0 Å². The summed E-state index contributed by atoms with van der Waals surface area (Å²) < 4.78 is 29.9. The minimum Gasteiger partial charge on any atom is -0.336 e. The summed E-state index contributed by atoms with van der Waals surface area (Å²) in [5, 5.41) is -0.646. The van der Waals surface area contributed by atoms with Gasteiger partial charge in [-0.3, -0.25) is 9.52 Å². The minimum atomic E-state index is -3.58. The molecular formula is C19H20N4O3S. The number of sulfonamides is 1. The van der Waals surface area contributed by atoms with Crippen LogP contribution in [0.15, 0.2) is 60.9 Å². The van der Waals surface area contributed by atoms with E-state index in [1.165, 1.54) is 0 Å². The first kappa shape index (κ1) is 17.5. The Kier molecular flexibility index (Phi) is 4.57. The molecule has 0 spiro atoms. The standard InChI is InChI=1S/C19H20N4O3S/c24-19(17-14-22-11-5-4-10-18(22)20-17)23-12-6-9-16(13-23)27(25,26)21-15-7-2-1-3-8-15/h1-5,7-8,10-11,14,16,21H,6,9,12-13H2/t16-/m1/s1. The van der Waals surface area contributed by atoms with Crippen LogP contribution in [0.2, 0.25) is 0 Å². The summed E-state index contributed by atoms with van der Waals surface area (Å²) in [5.74, 6) is -0.238. The second-order valence-corrected chi connectivity index (χ2v) is 8.58. The number of carbonyl (C=O) groups is 1. The summed E-state index contributed by atoms with van der Waals surface area (Å²) in [5.41, 5.74) is 1.55. The lowest BCUT2D eigenvalue weighted by molar-refractivity contribution is 0.0722. The molecule has 0 saturated carbocycles. The van der Waals surface area contributed by atoms with Crippen LogP contribution >= 0.6 is 0 Å². The highest BCUT2D eigenvalue weighted by atomic mass is 32.2. The van der Waals surface area contributed by atoms with Gasteiger partial charge in [-0.25, -0.2) is 13.4 Å². The number of imidazole rings is 1. The summed E-state index contributed by atoms with van der Waals surface area (Å²) >= 11 is 0. The Morgan fingerprint density at radius 1 is 1.11 bits per heavy atom. The van der Waals surface area contributed by atoms with Gasteiger partial charge in [0, 0.05) is 31.2 Å². The molecule has 3 aromatic rings. The summed E-state index contributed by atoms with van der Waals surface area (Å²) in [6.07, 6.45) is 4.67. The molecular weight excluding hydrogens is 364 g/mol. The predicted octanol–water partition coefficient (Wildman–Crippen LogP) is 2.38. The molecule has 27 heavy (non-hydrogen) atoms. The number of likely N-dealkylation sites (tertiary alicyclic amines) is 1. The first-order valence-corrected chi connectivity index (χ1v) is 10.4. The monoisotopic (exact) mass is 384 g/mol. The average molecular weight is 384 g/mol. The lowest BCUT2D eigenvalue weighted by Crippen LogP contribution is -2.46. The zero-order chi connectivity index (χ0) is 18.9. The number of nitrogens with zero attached hydrogens (tertiary/aromatic N) is 3. The number of fused-ring (bicyclic) bond motifs is 1. The van der Waals surface area contributed by atoms with Gasteiger partial charge in [0.05, 0.1) is 5.25 Å². The molecule has 1 amide bonds. The van der Waals surface area contributed by atoms with Crippen molar-refractivity contribution in [3.8, 4) is 0 Å². The zero-order valence-corrected chi connectivity index (χ0v) is 15.5. The lowest BCUT2D eigenvalue weighted by Gasteiger charge is -2.32. The van der Waals surface area contributed by atoms with Crippen LogP contribution in [0, 0.1) is 0 Å². The summed E-state index contributed by atoms with van der Waals surface area (Å²) in [6, 6.07) is 14.3. The maximum atomic E-state index is 12.8. The van der Waals surface area contributed by atoms with E-state index in [0.29, 0.717) is 36.4 Å². The molecule has 8 heteroatoms. The number of hydrogen-bond acceptors (Lipinski definition) is 4. The normalized spacial score (nSPS) is 17.8. The van der Waals surface area contributed by atoms with Crippen LogP contribution in [-0.2, 0) is 10.0 Å². The van der Waals surface area contributed by atoms with Gasteiger partial charge in [0.15, 0.2) is 0 Å². The molecule has 0 bridgehead atoms. The van der Waals surface area contributed by atoms with E-state index >= 15 is 0 Å². The van der Waals surface area contributed by atoms with Gasteiger partial charge in [-0.2, -0.15) is 0 Å². The summed E-state index contributed by atoms with van der Waals surface area (Å²) in [6.45, 7) is 0.693. The second-order valence-electron chi connectivity index (χ2n) is 6.62. The van der Waals surface area contributed by atoms with Gasteiger partial charge in [-0.15, -0.1) is 0 Å². The highest BCUT2D eigenvalue weighted by molar-refractivity contribution is 7.93. The third kappa shape index (κ3) is 3.66. The maximum absolute atomic E-state index is 12.8. The number of piperidine rings is 1. The SMILES string of the molecule is O=C(c1cn2ccccc2n1)N1CCC[C@@H](S(=O)(=O)Nc2ccccc2)C1. The molecule has 3 heterocycles. The number of pyridine rings is 1. The number of amides is 1. The van der Waals surface area contributed by atoms with E-state index in [1.807, 2.05) is 30.5 Å². The summed E-state index contributed by atoms with van der Waals surface area (Å²) in [7, 11) is -3.58. The topological polar surface area (TPSA) is 83.8 Å². The van der Waals surface area contributed by atoms with Gasteiger partial charge in [0.2, 0.25) is 10.0 Å². The zero-order valence-electron chi connectivity index (χ0n) is 14.7. The van der Waals surface area contributed by atoms with Crippen molar-refractivity contribution in [2.75, 3.05) is 17.8 Å². The maximum Gasteiger partial charge on any atom is 0.274 e. The first-order valence-electron chi connectivity index (χ1n) is 8.83. The van der Waals surface area contributed by atoms with Crippen molar-refractivity contribution in [1.29, 1.82) is 0 Å². The molecule has 1 N–H and O–H groups in total. The Bertz CT molecular complexity index is 1030. The van der Waals surface area contributed by atoms with Gasteiger partial charge in [0.25, 0.3) is 5.91 Å². The fraction of sp³-hybridized carbons (Fsp3) is 0.263. The molecule has 2 aromatic heterocycles. The van der Waals surface area contributed by atoms with Crippen molar-refractivity contribution in [2.24, 2.45) is 0 Å². The second kappa shape index (κ2) is 7.03. The number of aromatic nitrogens is 2. The third-order valence-electron chi connectivity index (χ3n) is 4.72. The van der Waals surface area contributed by atoms with E-state index in [-0.39, 0.29) is 12.5 Å². The van der Waals surface area contributed by atoms with Gasteiger partial charge >= 0.3 is 0 Å². The van der Waals surface area contributed by atoms with Gasteiger partial charge in [-0.1, -0.05) is 24.3 Å². The largest absolute Gasteiger partial charge is 0.336 e. The Morgan fingerprint density at radius 3 is 2.67 bits per heavy atom. The molecule has 0 unspecified atom stereocenters. The van der Waals surface area contributed by atoms with Crippen molar-refractivity contribution >= 4 is 27.3 Å². The van der Waals surface area contributed by atoms with Crippen LogP contribution in [0.3, 0.4) is 0 Å². The number of para-hydroxylation sites is 1. The highest BCUT2D eigenvalue weighted by Crippen LogP contribution is 2.21. The predicted molar refractivity (Wildman–Crippen MR) is 103 cm³/mol.